The van der Waals surface area contributed by atoms with Crippen molar-refractivity contribution in [3.8, 4) is 5.75 Å². The number of benzene rings is 1. The largest absolute Gasteiger partial charge is 0.494 e. The highest BCUT2D eigenvalue weighted by Crippen LogP contribution is 2.18. The van der Waals surface area contributed by atoms with E-state index in [1.807, 2.05) is 0 Å². The number of ether oxygens (including phenoxy) is 1. The maximum atomic E-state index is 13.4. The number of carbonyl (C=O) groups is 2. The molecule has 96 valence electrons. The van der Waals surface area contributed by atoms with Crippen LogP contribution in [0.1, 0.15) is 23.2 Å². The van der Waals surface area contributed by atoms with Crippen molar-refractivity contribution >= 4 is 11.7 Å². The number of nitrogens with zero attached hydrogens (tertiary/aromatic N) is 1. The van der Waals surface area contributed by atoms with Gasteiger partial charge in [0, 0.05) is 18.5 Å². The van der Waals surface area contributed by atoms with Crippen LogP contribution < -0.4 is 4.74 Å². The van der Waals surface area contributed by atoms with Gasteiger partial charge in [-0.2, -0.15) is 0 Å². The molecule has 0 bridgehead atoms. The Hall–Kier alpha value is -1.91. The van der Waals surface area contributed by atoms with Gasteiger partial charge in [-0.05, 0) is 24.6 Å². The van der Waals surface area contributed by atoms with E-state index in [9.17, 15) is 14.0 Å². The molecule has 4 nitrogen and oxygen atoms in total. The van der Waals surface area contributed by atoms with E-state index < -0.39 is 5.82 Å². The van der Waals surface area contributed by atoms with Crippen LogP contribution in [0, 0.1) is 5.82 Å². The Morgan fingerprint density at radius 2 is 2.28 bits per heavy atom. The second-order valence-corrected chi connectivity index (χ2v) is 4.19. The monoisotopic (exact) mass is 251 g/mol. The zero-order valence-corrected chi connectivity index (χ0v) is 10.1. The van der Waals surface area contributed by atoms with Crippen molar-refractivity contribution in [1.82, 2.24) is 4.90 Å². The maximum Gasteiger partial charge on any atom is 0.223 e. The zero-order valence-electron chi connectivity index (χ0n) is 10.1. The van der Waals surface area contributed by atoms with Crippen LogP contribution >= 0.6 is 0 Å². The number of methoxy groups -OCH3 is 1. The topological polar surface area (TPSA) is 46.6 Å². The number of hydrogen-bond donors (Lipinski definition) is 0. The fraction of sp³-hybridized carbons (Fsp3) is 0.385. The highest BCUT2D eigenvalue weighted by Gasteiger charge is 2.23. The lowest BCUT2D eigenvalue weighted by atomic mass is 10.1. The van der Waals surface area contributed by atoms with Crippen LogP contribution in [0.5, 0.6) is 5.75 Å². The molecule has 1 aliphatic rings. The second kappa shape index (κ2) is 5.16. The summed E-state index contributed by atoms with van der Waals surface area (Å²) in [7, 11) is 1.36. The summed E-state index contributed by atoms with van der Waals surface area (Å²) >= 11 is 0. The Morgan fingerprint density at radius 3 is 2.83 bits per heavy atom. The number of hydrogen-bond acceptors (Lipinski definition) is 3. The molecule has 1 fully saturated rings. The Labute approximate surface area is 104 Å². The van der Waals surface area contributed by atoms with Gasteiger partial charge in [0.15, 0.2) is 17.3 Å². The third-order valence-corrected chi connectivity index (χ3v) is 2.98. The minimum atomic E-state index is -0.573. The van der Waals surface area contributed by atoms with Gasteiger partial charge in [0.25, 0.3) is 0 Å². The third kappa shape index (κ3) is 2.50. The van der Waals surface area contributed by atoms with Crippen LogP contribution in [0.15, 0.2) is 18.2 Å². The van der Waals surface area contributed by atoms with Gasteiger partial charge in [-0.3, -0.25) is 9.59 Å². The Kier molecular flexibility index (Phi) is 3.60. The van der Waals surface area contributed by atoms with Crippen LogP contribution in [0.2, 0.25) is 0 Å². The first kappa shape index (κ1) is 12.5. The lowest BCUT2D eigenvalue weighted by Crippen LogP contribution is -2.30. The van der Waals surface area contributed by atoms with Crippen molar-refractivity contribution in [3.05, 3.63) is 29.6 Å². The van der Waals surface area contributed by atoms with Gasteiger partial charge in [0.2, 0.25) is 5.91 Å². The number of amides is 1. The second-order valence-electron chi connectivity index (χ2n) is 4.19. The summed E-state index contributed by atoms with van der Waals surface area (Å²) in [6.45, 7) is 0.619. The first-order valence-electron chi connectivity index (χ1n) is 5.76. The molecular formula is C13H14FNO3. The molecule has 0 aliphatic carbocycles. The number of halogens is 1. The van der Waals surface area contributed by atoms with E-state index in [1.165, 1.54) is 24.1 Å². The van der Waals surface area contributed by atoms with E-state index in [1.54, 1.807) is 0 Å². The Bertz CT molecular complexity index is 487. The number of ketones is 1. The van der Waals surface area contributed by atoms with E-state index in [4.69, 9.17) is 4.74 Å². The van der Waals surface area contributed by atoms with Gasteiger partial charge >= 0.3 is 0 Å². The fourth-order valence-electron chi connectivity index (χ4n) is 1.98. The quantitative estimate of drug-likeness (QED) is 0.764. The van der Waals surface area contributed by atoms with E-state index in [0.29, 0.717) is 13.0 Å². The average Bonchev–Trinajstić information content (AvgIpc) is 2.75. The number of Topliss-reactive ketones (excluding diaryl/α,β-unsaturated/α-hetero) is 1. The molecule has 2 rings (SSSR count). The number of carbonyl (C=O) groups excluding carboxylic acids is 2. The maximum absolute atomic E-state index is 13.4. The van der Waals surface area contributed by atoms with E-state index in [0.717, 1.165) is 12.5 Å². The predicted octanol–water partition coefficient (Wildman–Crippen LogP) is 1.64. The molecule has 0 atom stereocenters. The summed E-state index contributed by atoms with van der Waals surface area (Å²) < 4.78 is 18.2. The first-order chi connectivity index (χ1) is 8.61. The zero-order chi connectivity index (χ0) is 13.1. The minimum Gasteiger partial charge on any atom is -0.494 e. The highest BCUT2D eigenvalue weighted by atomic mass is 19.1. The Balaban J connectivity index is 2.09. The Morgan fingerprint density at radius 1 is 1.50 bits per heavy atom. The summed E-state index contributed by atoms with van der Waals surface area (Å²) in [4.78, 5) is 24.8. The summed E-state index contributed by atoms with van der Waals surface area (Å²) in [6, 6.07) is 4.06. The van der Waals surface area contributed by atoms with Gasteiger partial charge in [-0.15, -0.1) is 0 Å². The van der Waals surface area contributed by atoms with Crippen molar-refractivity contribution in [1.29, 1.82) is 0 Å². The molecule has 1 aromatic rings. The molecule has 1 aromatic carbocycles. The van der Waals surface area contributed by atoms with Crippen molar-refractivity contribution in [3.63, 3.8) is 0 Å². The molecule has 0 saturated carbocycles. The van der Waals surface area contributed by atoms with Gasteiger partial charge in [-0.25, -0.2) is 4.39 Å². The first-order valence-corrected chi connectivity index (χ1v) is 5.76. The van der Waals surface area contributed by atoms with E-state index >= 15 is 0 Å². The molecule has 1 heterocycles. The normalized spacial score (nSPS) is 15.0. The van der Waals surface area contributed by atoms with Crippen molar-refractivity contribution in [2.45, 2.75) is 12.8 Å². The number of likely N-dealkylation sites (tertiary alicyclic amines) is 1. The molecule has 1 amide bonds. The van der Waals surface area contributed by atoms with Crippen LogP contribution in [0.25, 0.3) is 0 Å². The van der Waals surface area contributed by atoms with Crippen LogP contribution in [0.4, 0.5) is 4.39 Å². The molecular weight excluding hydrogens is 237 g/mol. The van der Waals surface area contributed by atoms with E-state index in [2.05, 4.69) is 0 Å². The van der Waals surface area contributed by atoms with Crippen molar-refractivity contribution in [2.75, 3.05) is 20.2 Å². The highest BCUT2D eigenvalue weighted by molar-refractivity contribution is 5.99. The molecule has 0 radical (unpaired) electrons. The predicted molar refractivity (Wildman–Crippen MR) is 63.1 cm³/mol. The lowest BCUT2D eigenvalue weighted by Gasteiger charge is -2.14. The van der Waals surface area contributed by atoms with Gasteiger partial charge < -0.3 is 9.64 Å². The van der Waals surface area contributed by atoms with Crippen molar-refractivity contribution in [2.24, 2.45) is 0 Å². The SMILES string of the molecule is COc1ccc(C(=O)CN2CCCC2=O)cc1F. The van der Waals surface area contributed by atoms with Gasteiger partial charge in [-0.1, -0.05) is 0 Å². The minimum absolute atomic E-state index is 0.0164. The molecule has 18 heavy (non-hydrogen) atoms. The van der Waals surface area contributed by atoms with Crippen molar-refractivity contribution < 1.29 is 18.7 Å². The fourth-order valence-corrected chi connectivity index (χ4v) is 1.98. The standard InChI is InChI=1S/C13H14FNO3/c1-18-12-5-4-9(7-10(12)14)11(16)8-15-6-2-3-13(15)17/h4-5,7H,2-3,6,8H2,1H3. The average molecular weight is 251 g/mol. The molecule has 5 heteroatoms. The third-order valence-electron chi connectivity index (χ3n) is 2.98. The van der Waals surface area contributed by atoms with Crippen LogP contribution in [-0.2, 0) is 4.79 Å². The van der Waals surface area contributed by atoms with Crippen LogP contribution in [-0.4, -0.2) is 36.8 Å². The summed E-state index contributed by atoms with van der Waals surface area (Å²) in [5.41, 5.74) is 0.257. The lowest BCUT2D eigenvalue weighted by molar-refractivity contribution is -0.127. The van der Waals surface area contributed by atoms with E-state index in [-0.39, 0.29) is 29.5 Å². The summed E-state index contributed by atoms with van der Waals surface area (Å²) in [5.74, 6) is -0.746. The molecule has 0 aromatic heterocycles. The summed E-state index contributed by atoms with van der Waals surface area (Å²) in [5, 5.41) is 0. The summed E-state index contributed by atoms with van der Waals surface area (Å²) in [6.07, 6.45) is 1.27. The molecule has 1 aliphatic heterocycles. The van der Waals surface area contributed by atoms with Gasteiger partial charge in [0.1, 0.15) is 0 Å². The molecule has 1 saturated heterocycles. The van der Waals surface area contributed by atoms with Crippen LogP contribution in [0.3, 0.4) is 0 Å². The molecule has 0 spiro atoms. The van der Waals surface area contributed by atoms with Gasteiger partial charge in [0.05, 0.1) is 13.7 Å². The molecule has 0 N–H and O–H groups in total. The smallest absolute Gasteiger partial charge is 0.223 e. The molecule has 0 unspecified atom stereocenters. The number of rotatable bonds is 4.